The Bertz CT molecular complexity index is 631. The number of rotatable bonds is 22. The molecule has 0 aliphatic rings. The fourth-order valence-corrected chi connectivity index (χ4v) is 4.33. The minimum absolute atomic E-state index is 0.499. The molecular weight excluding hydrogens is 436 g/mol. The fourth-order valence-electron chi connectivity index (χ4n) is 4.33. The molecule has 4 nitrogen and oxygen atoms in total. The Morgan fingerprint density at radius 1 is 0.629 bits per heavy atom. The third-order valence-electron chi connectivity index (χ3n) is 7.22. The Morgan fingerprint density at radius 2 is 1.00 bits per heavy atom. The number of aldehydes is 1. The molecular formula is C31H54O4. The van der Waals surface area contributed by atoms with Gasteiger partial charge in [-0.1, -0.05) is 99.3 Å². The minimum Gasteiger partial charge on any atom is -0.489 e. The van der Waals surface area contributed by atoms with E-state index in [0.717, 1.165) is 44.8 Å². The summed E-state index contributed by atoms with van der Waals surface area (Å²) in [7, 11) is 0. The summed E-state index contributed by atoms with van der Waals surface area (Å²) in [4.78, 5) is 11.8. The molecule has 4 heteroatoms. The molecule has 0 amide bonds. The third-order valence-corrected chi connectivity index (χ3v) is 7.22. The Kier molecular flexibility index (Phi) is 17.4. The number of carbonyl (C=O) groups is 1. The van der Waals surface area contributed by atoms with Crippen LogP contribution in [-0.2, 0) is 0 Å². The summed E-state index contributed by atoms with van der Waals surface area (Å²) < 4.78 is 19.1. The highest BCUT2D eigenvalue weighted by molar-refractivity contribution is 5.78. The summed E-state index contributed by atoms with van der Waals surface area (Å²) in [6, 6.07) is 3.65. The van der Waals surface area contributed by atoms with Crippen molar-refractivity contribution in [3.05, 3.63) is 17.7 Å². The van der Waals surface area contributed by atoms with E-state index in [2.05, 4.69) is 41.5 Å². The van der Waals surface area contributed by atoms with Crippen molar-refractivity contribution in [3.8, 4) is 17.2 Å². The zero-order valence-electron chi connectivity index (χ0n) is 23.7. The number of unbranched alkanes of at least 4 members (excludes halogenated alkanes) is 3. The van der Waals surface area contributed by atoms with E-state index in [-0.39, 0.29) is 0 Å². The second-order valence-electron chi connectivity index (χ2n) is 10.1. The lowest BCUT2D eigenvalue weighted by Gasteiger charge is -2.23. The van der Waals surface area contributed by atoms with E-state index < -0.39 is 0 Å². The molecule has 0 saturated carbocycles. The van der Waals surface area contributed by atoms with Gasteiger partial charge in [-0.05, 0) is 49.1 Å². The average Bonchev–Trinajstić information content (AvgIpc) is 2.89. The van der Waals surface area contributed by atoms with Crippen LogP contribution in [0.1, 0.15) is 129 Å². The molecule has 0 aliphatic carbocycles. The van der Waals surface area contributed by atoms with Crippen molar-refractivity contribution >= 4 is 6.29 Å². The molecule has 3 unspecified atom stereocenters. The highest BCUT2D eigenvalue weighted by Gasteiger charge is 2.20. The molecule has 0 heterocycles. The summed E-state index contributed by atoms with van der Waals surface area (Å²) in [6.07, 6.45) is 14.8. The number of hydrogen-bond acceptors (Lipinski definition) is 4. The van der Waals surface area contributed by atoms with Gasteiger partial charge < -0.3 is 14.2 Å². The molecule has 35 heavy (non-hydrogen) atoms. The molecule has 0 spiro atoms. The SMILES string of the molecule is CCCCC(CC)COc1cc(C=O)cc(OCC(CC)CCCC)c1OCC(CC)CCCC. The van der Waals surface area contributed by atoms with Crippen LogP contribution in [0, 0.1) is 17.8 Å². The van der Waals surface area contributed by atoms with Gasteiger partial charge in [0.2, 0.25) is 5.75 Å². The van der Waals surface area contributed by atoms with E-state index in [1.807, 2.05) is 12.1 Å². The lowest BCUT2D eigenvalue weighted by atomic mass is 10.0. The average molecular weight is 491 g/mol. The number of hydrogen-bond donors (Lipinski definition) is 0. The van der Waals surface area contributed by atoms with Crippen LogP contribution in [0.5, 0.6) is 17.2 Å². The third kappa shape index (κ3) is 12.2. The van der Waals surface area contributed by atoms with Crippen LogP contribution >= 0.6 is 0 Å². The molecule has 0 aliphatic heterocycles. The normalized spacial score (nSPS) is 13.8. The summed E-state index contributed by atoms with van der Waals surface area (Å²) in [5.74, 6) is 3.46. The Balaban J connectivity index is 3.17. The van der Waals surface area contributed by atoms with Crippen LogP contribution in [0.2, 0.25) is 0 Å². The summed E-state index contributed by atoms with van der Waals surface area (Å²) >= 11 is 0. The van der Waals surface area contributed by atoms with Gasteiger partial charge in [0.05, 0.1) is 19.8 Å². The quantitative estimate of drug-likeness (QED) is 0.152. The maximum Gasteiger partial charge on any atom is 0.203 e. The molecule has 0 fully saturated rings. The van der Waals surface area contributed by atoms with Crippen LogP contribution in [0.4, 0.5) is 0 Å². The van der Waals surface area contributed by atoms with Crippen molar-refractivity contribution in [3.63, 3.8) is 0 Å². The highest BCUT2D eigenvalue weighted by Crippen LogP contribution is 2.40. The monoisotopic (exact) mass is 490 g/mol. The summed E-state index contributed by atoms with van der Waals surface area (Å²) in [5, 5.41) is 0. The van der Waals surface area contributed by atoms with E-state index in [9.17, 15) is 4.79 Å². The van der Waals surface area contributed by atoms with E-state index >= 15 is 0 Å². The van der Waals surface area contributed by atoms with E-state index in [0.29, 0.717) is 60.4 Å². The molecule has 0 N–H and O–H groups in total. The van der Waals surface area contributed by atoms with Crippen LogP contribution < -0.4 is 14.2 Å². The second kappa shape index (κ2) is 19.5. The van der Waals surface area contributed by atoms with Gasteiger partial charge in [-0.3, -0.25) is 4.79 Å². The molecule has 0 radical (unpaired) electrons. The molecule has 0 aromatic heterocycles. The smallest absolute Gasteiger partial charge is 0.203 e. The minimum atomic E-state index is 0.499. The van der Waals surface area contributed by atoms with Gasteiger partial charge in [0.25, 0.3) is 0 Å². The first-order valence-electron chi connectivity index (χ1n) is 14.6. The van der Waals surface area contributed by atoms with Gasteiger partial charge in [0.1, 0.15) is 6.29 Å². The Hall–Kier alpha value is -1.71. The van der Waals surface area contributed by atoms with Gasteiger partial charge in [-0.15, -0.1) is 0 Å². The Morgan fingerprint density at radius 3 is 1.31 bits per heavy atom. The van der Waals surface area contributed by atoms with Gasteiger partial charge in [0, 0.05) is 5.56 Å². The van der Waals surface area contributed by atoms with Crippen molar-refractivity contribution < 1.29 is 19.0 Å². The van der Waals surface area contributed by atoms with Crippen molar-refractivity contribution in [2.45, 2.75) is 119 Å². The lowest BCUT2D eigenvalue weighted by Crippen LogP contribution is -2.16. The van der Waals surface area contributed by atoms with Gasteiger partial charge >= 0.3 is 0 Å². The summed E-state index contributed by atoms with van der Waals surface area (Å²) in [5.41, 5.74) is 0.573. The zero-order chi connectivity index (χ0) is 25.9. The van der Waals surface area contributed by atoms with Gasteiger partial charge in [-0.25, -0.2) is 0 Å². The first-order chi connectivity index (χ1) is 17.1. The van der Waals surface area contributed by atoms with Crippen LogP contribution in [0.3, 0.4) is 0 Å². The van der Waals surface area contributed by atoms with Gasteiger partial charge in [0.15, 0.2) is 11.5 Å². The maximum atomic E-state index is 11.8. The van der Waals surface area contributed by atoms with Crippen LogP contribution in [-0.4, -0.2) is 26.1 Å². The highest BCUT2D eigenvalue weighted by atomic mass is 16.5. The topological polar surface area (TPSA) is 44.8 Å². The van der Waals surface area contributed by atoms with Crippen molar-refractivity contribution in [2.75, 3.05) is 19.8 Å². The largest absolute Gasteiger partial charge is 0.489 e. The van der Waals surface area contributed by atoms with E-state index in [1.54, 1.807) is 0 Å². The van der Waals surface area contributed by atoms with Crippen molar-refractivity contribution in [2.24, 2.45) is 17.8 Å². The predicted octanol–water partition coefficient (Wildman–Crippen LogP) is 9.28. The summed E-state index contributed by atoms with van der Waals surface area (Å²) in [6.45, 7) is 15.3. The molecule has 0 saturated heterocycles. The first-order valence-corrected chi connectivity index (χ1v) is 14.6. The number of carbonyl (C=O) groups excluding carboxylic acids is 1. The standard InChI is InChI=1S/C31H54O4/c1-7-13-16-25(10-4)22-33-29-19-28(21-32)20-30(34-23-26(11-5)17-14-8-2)31(29)35-24-27(12-6)18-15-9-3/h19-21,25-27H,7-18,22-24H2,1-6H3. The second-order valence-corrected chi connectivity index (χ2v) is 10.1. The molecule has 1 aromatic rings. The molecule has 3 atom stereocenters. The van der Waals surface area contributed by atoms with Crippen LogP contribution in [0.15, 0.2) is 12.1 Å². The zero-order valence-corrected chi connectivity index (χ0v) is 23.7. The van der Waals surface area contributed by atoms with E-state index in [1.165, 1.54) is 38.5 Å². The lowest BCUT2D eigenvalue weighted by molar-refractivity contribution is 0.112. The molecule has 0 bridgehead atoms. The molecule has 1 rings (SSSR count). The first kappa shape index (κ1) is 31.3. The Labute approximate surface area is 216 Å². The predicted molar refractivity (Wildman–Crippen MR) is 148 cm³/mol. The maximum absolute atomic E-state index is 11.8. The van der Waals surface area contributed by atoms with Crippen molar-refractivity contribution in [1.82, 2.24) is 0 Å². The molecule has 202 valence electrons. The van der Waals surface area contributed by atoms with E-state index in [4.69, 9.17) is 14.2 Å². The van der Waals surface area contributed by atoms with Crippen molar-refractivity contribution in [1.29, 1.82) is 0 Å². The fraction of sp³-hybridized carbons (Fsp3) is 0.774. The molecule has 1 aromatic carbocycles. The number of benzene rings is 1. The van der Waals surface area contributed by atoms with Gasteiger partial charge in [-0.2, -0.15) is 0 Å². The van der Waals surface area contributed by atoms with Crippen LogP contribution in [0.25, 0.3) is 0 Å². The number of ether oxygens (including phenoxy) is 3.